The van der Waals surface area contributed by atoms with Crippen molar-refractivity contribution in [3.05, 3.63) is 35.9 Å². The molecular weight excluding hydrogens is 444 g/mol. The molecule has 1 aromatic rings. The highest BCUT2D eigenvalue weighted by molar-refractivity contribution is 5.79. The standard InChI is InChI=1S/C28H44N2O5/c1-5-29(6-2)17-18-30(26(31)22-15-11-8-12-16-22)19-23-24(32-20-21-13-9-7-10-14-21)25-27(33-23)35-28(3,4)34-25/h7,9-10,13-14,22-25,27H,5-6,8,11-12,15-20H2,1-4H3. The maximum absolute atomic E-state index is 13.7. The molecule has 7 heteroatoms. The van der Waals surface area contributed by atoms with E-state index in [-0.39, 0.29) is 30.1 Å². The zero-order valence-electron chi connectivity index (χ0n) is 22.0. The van der Waals surface area contributed by atoms with Crippen LogP contribution in [0.2, 0.25) is 0 Å². The van der Waals surface area contributed by atoms with Gasteiger partial charge in [0.1, 0.15) is 18.3 Å². The molecule has 2 heterocycles. The fourth-order valence-corrected chi connectivity index (χ4v) is 5.58. The van der Waals surface area contributed by atoms with Crippen molar-refractivity contribution >= 4 is 5.91 Å². The zero-order chi connectivity index (χ0) is 24.8. The molecule has 2 aliphatic heterocycles. The Balaban J connectivity index is 1.48. The van der Waals surface area contributed by atoms with E-state index in [0.717, 1.165) is 50.9 Å². The van der Waals surface area contributed by atoms with Crippen LogP contribution in [0.15, 0.2) is 30.3 Å². The molecule has 0 aromatic heterocycles. The van der Waals surface area contributed by atoms with Crippen molar-refractivity contribution in [1.29, 1.82) is 0 Å². The molecule has 0 N–H and O–H groups in total. The Kier molecular flexibility index (Phi) is 9.22. The Morgan fingerprint density at radius 1 is 1.03 bits per heavy atom. The highest BCUT2D eigenvalue weighted by atomic mass is 16.8. The lowest BCUT2D eigenvalue weighted by Crippen LogP contribution is -2.49. The average Bonchev–Trinajstić information content (AvgIpc) is 3.33. The Morgan fingerprint density at radius 3 is 2.43 bits per heavy atom. The molecule has 1 saturated carbocycles. The van der Waals surface area contributed by atoms with Gasteiger partial charge in [0.2, 0.25) is 5.91 Å². The monoisotopic (exact) mass is 488 g/mol. The van der Waals surface area contributed by atoms with Gasteiger partial charge in [-0.1, -0.05) is 63.4 Å². The van der Waals surface area contributed by atoms with Crippen LogP contribution in [-0.4, -0.2) is 78.8 Å². The van der Waals surface area contributed by atoms with E-state index < -0.39 is 12.1 Å². The Morgan fingerprint density at radius 2 is 1.74 bits per heavy atom. The summed E-state index contributed by atoms with van der Waals surface area (Å²) in [7, 11) is 0. The van der Waals surface area contributed by atoms with E-state index in [1.54, 1.807) is 0 Å². The summed E-state index contributed by atoms with van der Waals surface area (Å²) in [5, 5.41) is 0. The molecule has 4 rings (SSSR count). The van der Waals surface area contributed by atoms with Crippen LogP contribution in [0.25, 0.3) is 0 Å². The van der Waals surface area contributed by atoms with E-state index in [1.807, 2.05) is 36.9 Å². The predicted molar refractivity (Wildman–Crippen MR) is 135 cm³/mol. The molecule has 4 unspecified atom stereocenters. The summed E-state index contributed by atoms with van der Waals surface area (Å²) < 4.78 is 25.0. The van der Waals surface area contributed by atoms with Gasteiger partial charge in [-0.25, -0.2) is 0 Å². The molecule has 196 valence electrons. The van der Waals surface area contributed by atoms with Crippen molar-refractivity contribution in [3.63, 3.8) is 0 Å². The van der Waals surface area contributed by atoms with E-state index in [2.05, 4.69) is 30.9 Å². The predicted octanol–water partition coefficient (Wildman–Crippen LogP) is 4.20. The van der Waals surface area contributed by atoms with Gasteiger partial charge in [0.25, 0.3) is 0 Å². The Hall–Kier alpha value is -1.51. The fraction of sp³-hybridized carbons (Fsp3) is 0.750. The first-order valence-corrected chi connectivity index (χ1v) is 13.6. The Bertz CT molecular complexity index is 794. The number of likely N-dealkylation sites (N-methyl/N-ethyl adjacent to an activating group) is 1. The molecule has 1 aromatic carbocycles. The molecule has 0 radical (unpaired) electrons. The van der Waals surface area contributed by atoms with Gasteiger partial charge >= 0.3 is 0 Å². The fourth-order valence-electron chi connectivity index (χ4n) is 5.58. The van der Waals surface area contributed by atoms with Gasteiger partial charge in [0.05, 0.1) is 6.61 Å². The van der Waals surface area contributed by atoms with Gasteiger partial charge in [-0.05, 0) is 45.3 Å². The number of carbonyl (C=O) groups excluding carboxylic acids is 1. The minimum absolute atomic E-state index is 0.122. The number of hydrogen-bond acceptors (Lipinski definition) is 6. The third kappa shape index (κ3) is 6.83. The lowest BCUT2D eigenvalue weighted by Gasteiger charge is -2.34. The zero-order valence-corrected chi connectivity index (χ0v) is 22.0. The second-order valence-electron chi connectivity index (χ2n) is 10.6. The van der Waals surface area contributed by atoms with Gasteiger partial charge in [0, 0.05) is 25.6 Å². The average molecular weight is 489 g/mol. The maximum atomic E-state index is 13.7. The summed E-state index contributed by atoms with van der Waals surface area (Å²) in [5.41, 5.74) is 1.10. The lowest BCUT2D eigenvalue weighted by molar-refractivity contribution is -0.221. The number of benzene rings is 1. The lowest BCUT2D eigenvalue weighted by atomic mass is 9.88. The van der Waals surface area contributed by atoms with Crippen LogP contribution in [0.4, 0.5) is 0 Å². The summed E-state index contributed by atoms with van der Waals surface area (Å²) in [4.78, 5) is 18.1. The van der Waals surface area contributed by atoms with Crippen LogP contribution < -0.4 is 0 Å². The Labute approximate surface area is 211 Å². The van der Waals surface area contributed by atoms with Gasteiger partial charge in [0.15, 0.2) is 12.1 Å². The van der Waals surface area contributed by atoms with Gasteiger partial charge in [-0.3, -0.25) is 4.79 Å². The molecule has 0 spiro atoms. The minimum Gasteiger partial charge on any atom is -0.368 e. The molecule has 7 nitrogen and oxygen atoms in total. The summed E-state index contributed by atoms with van der Waals surface area (Å²) in [6, 6.07) is 10.1. The first-order valence-electron chi connectivity index (χ1n) is 13.6. The van der Waals surface area contributed by atoms with Crippen molar-refractivity contribution in [2.75, 3.05) is 32.7 Å². The summed E-state index contributed by atoms with van der Waals surface area (Å²) in [6.45, 7) is 12.6. The number of amides is 1. The first kappa shape index (κ1) is 26.6. The number of fused-ring (bicyclic) bond motifs is 1. The van der Waals surface area contributed by atoms with E-state index in [4.69, 9.17) is 18.9 Å². The van der Waals surface area contributed by atoms with E-state index in [9.17, 15) is 4.79 Å². The molecule has 3 fully saturated rings. The molecule has 4 atom stereocenters. The van der Waals surface area contributed by atoms with E-state index >= 15 is 0 Å². The van der Waals surface area contributed by atoms with Crippen molar-refractivity contribution < 1.29 is 23.7 Å². The number of hydrogen-bond donors (Lipinski definition) is 0. The number of carbonyl (C=O) groups is 1. The third-order valence-corrected chi connectivity index (χ3v) is 7.62. The van der Waals surface area contributed by atoms with Crippen molar-refractivity contribution in [1.82, 2.24) is 9.80 Å². The van der Waals surface area contributed by atoms with Gasteiger partial charge in [-0.2, -0.15) is 0 Å². The van der Waals surface area contributed by atoms with Crippen LogP contribution >= 0.6 is 0 Å². The summed E-state index contributed by atoms with van der Waals surface area (Å²) in [5.74, 6) is -0.326. The highest BCUT2D eigenvalue weighted by Gasteiger charge is 2.55. The summed E-state index contributed by atoms with van der Waals surface area (Å²) >= 11 is 0. The topological polar surface area (TPSA) is 60.5 Å². The largest absolute Gasteiger partial charge is 0.368 e. The van der Waals surface area contributed by atoms with Crippen LogP contribution in [0.1, 0.15) is 65.4 Å². The molecule has 35 heavy (non-hydrogen) atoms. The second kappa shape index (κ2) is 12.2. The molecule has 0 bridgehead atoms. The smallest absolute Gasteiger partial charge is 0.225 e. The quantitative estimate of drug-likeness (QED) is 0.465. The van der Waals surface area contributed by atoms with E-state index in [1.165, 1.54) is 6.42 Å². The van der Waals surface area contributed by atoms with Crippen molar-refractivity contribution in [3.8, 4) is 0 Å². The van der Waals surface area contributed by atoms with Crippen LogP contribution in [0.3, 0.4) is 0 Å². The van der Waals surface area contributed by atoms with Crippen LogP contribution in [-0.2, 0) is 30.3 Å². The molecule has 3 aliphatic rings. The van der Waals surface area contributed by atoms with Crippen molar-refractivity contribution in [2.24, 2.45) is 5.92 Å². The summed E-state index contributed by atoms with van der Waals surface area (Å²) in [6.07, 6.45) is 4.10. The minimum atomic E-state index is -0.713. The van der Waals surface area contributed by atoms with Gasteiger partial charge < -0.3 is 28.7 Å². The molecule has 2 saturated heterocycles. The molecule has 1 aliphatic carbocycles. The van der Waals surface area contributed by atoms with E-state index in [0.29, 0.717) is 19.7 Å². The maximum Gasteiger partial charge on any atom is 0.225 e. The number of rotatable bonds is 11. The van der Waals surface area contributed by atoms with Crippen molar-refractivity contribution in [2.45, 2.75) is 96.8 Å². The SMILES string of the molecule is CCN(CC)CCN(CC1OC2OC(C)(C)OC2C1OCc1ccccc1)C(=O)C1CCCCC1. The third-order valence-electron chi connectivity index (χ3n) is 7.62. The molecular formula is C28H44N2O5. The van der Waals surface area contributed by atoms with Crippen LogP contribution in [0, 0.1) is 5.92 Å². The highest BCUT2D eigenvalue weighted by Crippen LogP contribution is 2.39. The van der Waals surface area contributed by atoms with Crippen LogP contribution in [0.5, 0.6) is 0 Å². The number of ether oxygens (including phenoxy) is 4. The normalized spacial score (nSPS) is 28.4. The van der Waals surface area contributed by atoms with Gasteiger partial charge in [-0.15, -0.1) is 0 Å². The molecule has 1 amide bonds. The number of nitrogens with zero attached hydrogens (tertiary/aromatic N) is 2. The second-order valence-corrected chi connectivity index (χ2v) is 10.6. The first-order chi connectivity index (χ1) is 16.9.